The maximum absolute atomic E-state index is 11.9. The van der Waals surface area contributed by atoms with E-state index < -0.39 is 34.5 Å². The third-order valence-electron chi connectivity index (χ3n) is 2.32. The molecule has 1 unspecified atom stereocenters. The Morgan fingerprint density at radius 3 is 2.48 bits per heavy atom. The second-order valence-corrected chi connectivity index (χ2v) is 6.52. The first-order valence-corrected chi connectivity index (χ1v) is 7.81. The SMILES string of the molecule is CC(OC(=O)CNS(=O)(=O)c1ccc(Cl)c(Cl)c1)C(N)=O. The Morgan fingerprint density at radius 1 is 1.33 bits per heavy atom. The number of carbonyl (C=O) groups is 2. The monoisotopic (exact) mass is 354 g/mol. The summed E-state index contributed by atoms with van der Waals surface area (Å²) in [6.07, 6.45) is -1.15. The minimum Gasteiger partial charge on any atom is -0.452 e. The lowest BCUT2D eigenvalue weighted by Crippen LogP contribution is -2.36. The summed E-state index contributed by atoms with van der Waals surface area (Å²) in [6, 6.07) is 3.68. The number of sulfonamides is 1. The number of nitrogens with one attached hydrogen (secondary N) is 1. The van der Waals surface area contributed by atoms with Gasteiger partial charge in [-0.05, 0) is 25.1 Å². The number of hydrogen-bond acceptors (Lipinski definition) is 5. The van der Waals surface area contributed by atoms with Gasteiger partial charge in [0.2, 0.25) is 10.0 Å². The van der Waals surface area contributed by atoms with Crippen LogP contribution in [-0.2, 0) is 24.3 Å². The minimum absolute atomic E-state index is 0.0597. The van der Waals surface area contributed by atoms with Gasteiger partial charge in [0.15, 0.2) is 6.10 Å². The first kappa shape index (κ1) is 17.7. The van der Waals surface area contributed by atoms with Gasteiger partial charge in [-0.15, -0.1) is 0 Å². The van der Waals surface area contributed by atoms with Gasteiger partial charge in [-0.1, -0.05) is 23.2 Å². The van der Waals surface area contributed by atoms with Crippen LogP contribution in [0.3, 0.4) is 0 Å². The van der Waals surface area contributed by atoms with Gasteiger partial charge in [-0.3, -0.25) is 9.59 Å². The van der Waals surface area contributed by atoms with E-state index in [9.17, 15) is 18.0 Å². The summed E-state index contributed by atoms with van der Waals surface area (Å²) < 4.78 is 30.4. The lowest BCUT2D eigenvalue weighted by atomic mass is 10.4. The Bertz CT molecular complexity index is 663. The van der Waals surface area contributed by atoms with Crippen molar-refractivity contribution in [2.24, 2.45) is 5.73 Å². The molecule has 7 nitrogen and oxygen atoms in total. The molecule has 1 aromatic carbocycles. The molecule has 0 heterocycles. The molecule has 3 N–H and O–H groups in total. The molecule has 0 aliphatic carbocycles. The zero-order chi connectivity index (χ0) is 16.2. The first-order valence-electron chi connectivity index (χ1n) is 5.57. The Hall–Kier alpha value is -1.35. The van der Waals surface area contributed by atoms with Crippen molar-refractivity contribution < 1.29 is 22.7 Å². The second-order valence-electron chi connectivity index (χ2n) is 3.93. The number of carbonyl (C=O) groups excluding carboxylic acids is 2. The molecule has 0 spiro atoms. The minimum atomic E-state index is -3.96. The Kier molecular flexibility index (Phi) is 5.97. The lowest BCUT2D eigenvalue weighted by molar-refractivity contribution is -0.152. The Labute approximate surface area is 131 Å². The van der Waals surface area contributed by atoms with Crippen molar-refractivity contribution in [2.75, 3.05) is 6.54 Å². The number of ether oxygens (including phenoxy) is 1. The highest BCUT2D eigenvalue weighted by Crippen LogP contribution is 2.24. The average Bonchev–Trinajstić information content (AvgIpc) is 2.39. The molecule has 10 heteroatoms. The Morgan fingerprint density at radius 2 is 1.95 bits per heavy atom. The van der Waals surface area contributed by atoms with Gasteiger partial charge in [0.25, 0.3) is 5.91 Å². The summed E-state index contributed by atoms with van der Waals surface area (Å²) >= 11 is 11.4. The smallest absolute Gasteiger partial charge is 0.321 e. The molecule has 1 atom stereocenters. The predicted molar refractivity (Wildman–Crippen MR) is 76.4 cm³/mol. The van der Waals surface area contributed by atoms with Crippen LogP contribution in [0.1, 0.15) is 6.92 Å². The maximum atomic E-state index is 11.9. The number of nitrogens with two attached hydrogens (primary N) is 1. The maximum Gasteiger partial charge on any atom is 0.321 e. The predicted octanol–water partition coefficient (Wildman–Crippen LogP) is 0.689. The molecule has 0 saturated heterocycles. The summed E-state index contributed by atoms with van der Waals surface area (Å²) in [6.45, 7) is 0.619. The average molecular weight is 355 g/mol. The molecule has 0 aliphatic rings. The van der Waals surface area contributed by atoms with Gasteiger partial charge in [0, 0.05) is 0 Å². The summed E-state index contributed by atoms with van der Waals surface area (Å²) in [5.41, 5.74) is 4.91. The van der Waals surface area contributed by atoms with Crippen LogP contribution in [0.5, 0.6) is 0 Å². The number of halogens is 2. The second kappa shape index (κ2) is 7.08. The molecule has 0 saturated carbocycles. The van der Waals surface area contributed by atoms with E-state index in [1.54, 1.807) is 0 Å². The number of rotatable bonds is 6. The highest BCUT2D eigenvalue weighted by atomic mass is 35.5. The van der Waals surface area contributed by atoms with Crippen molar-refractivity contribution >= 4 is 45.1 Å². The summed E-state index contributed by atoms with van der Waals surface area (Å²) in [5.74, 6) is -1.78. The standard InChI is InChI=1S/C11H12Cl2N2O5S/c1-6(11(14)17)20-10(16)5-15-21(18,19)7-2-3-8(12)9(13)4-7/h2-4,6,15H,5H2,1H3,(H2,14,17). The van der Waals surface area contributed by atoms with Crippen LogP contribution in [0, 0.1) is 0 Å². The van der Waals surface area contributed by atoms with Crippen molar-refractivity contribution in [1.29, 1.82) is 0 Å². The van der Waals surface area contributed by atoms with Crippen molar-refractivity contribution in [3.63, 3.8) is 0 Å². The fourth-order valence-corrected chi connectivity index (χ4v) is 2.54. The van der Waals surface area contributed by atoms with Crippen molar-refractivity contribution in [3.05, 3.63) is 28.2 Å². The molecule has 1 rings (SSSR count). The lowest BCUT2D eigenvalue weighted by Gasteiger charge is -2.10. The van der Waals surface area contributed by atoms with Crippen molar-refractivity contribution in [1.82, 2.24) is 4.72 Å². The molecule has 0 fully saturated rings. The highest BCUT2D eigenvalue weighted by Gasteiger charge is 2.19. The molecule has 1 amide bonds. The topological polar surface area (TPSA) is 116 Å². The number of benzene rings is 1. The highest BCUT2D eigenvalue weighted by molar-refractivity contribution is 7.89. The molecule has 1 aromatic rings. The van der Waals surface area contributed by atoms with E-state index in [0.717, 1.165) is 6.07 Å². The molecular weight excluding hydrogens is 343 g/mol. The third kappa shape index (κ3) is 5.16. The zero-order valence-electron chi connectivity index (χ0n) is 10.8. The number of primary amides is 1. The largest absolute Gasteiger partial charge is 0.452 e. The van der Waals surface area contributed by atoms with Gasteiger partial charge in [0.05, 0.1) is 14.9 Å². The van der Waals surface area contributed by atoms with E-state index in [1.807, 2.05) is 4.72 Å². The fourth-order valence-electron chi connectivity index (χ4n) is 1.18. The van der Waals surface area contributed by atoms with Crippen LogP contribution < -0.4 is 10.5 Å². The number of esters is 1. The number of hydrogen-bond donors (Lipinski definition) is 2. The normalized spacial score (nSPS) is 12.7. The van der Waals surface area contributed by atoms with Gasteiger partial charge in [-0.25, -0.2) is 8.42 Å². The van der Waals surface area contributed by atoms with Gasteiger partial charge >= 0.3 is 5.97 Å². The molecule has 21 heavy (non-hydrogen) atoms. The molecular formula is C11H12Cl2N2O5S. The first-order chi connectivity index (χ1) is 9.63. The molecule has 0 aliphatic heterocycles. The van der Waals surface area contributed by atoms with Crippen molar-refractivity contribution in [2.45, 2.75) is 17.9 Å². The van der Waals surface area contributed by atoms with Crippen LogP contribution in [0.25, 0.3) is 0 Å². The van der Waals surface area contributed by atoms with E-state index >= 15 is 0 Å². The van der Waals surface area contributed by atoms with E-state index in [0.29, 0.717) is 0 Å². The molecule has 0 bridgehead atoms. The van der Waals surface area contributed by atoms with E-state index in [2.05, 4.69) is 4.74 Å². The van der Waals surface area contributed by atoms with Gasteiger partial charge in [-0.2, -0.15) is 4.72 Å². The molecule has 0 radical (unpaired) electrons. The van der Waals surface area contributed by atoms with Crippen LogP contribution in [-0.4, -0.2) is 32.9 Å². The fraction of sp³-hybridized carbons (Fsp3) is 0.273. The zero-order valence-corrected chi connectivity index (χ0v) is 13.1. The number of amides is 1. The van der Waals surface area contributed by atoms with E-state index in [-0.39, 0.29) is 14.9 Å². The van der Waals surface area contributed by atoms with E-state index in [1.165, 1.54) is 19.1 Å². The van der Waals surface area contributed by atoms with E-state index in [4.69, 9.17) is 28.9 Å². The summed E-state index contributed by atoms with van der Waals surface area (Å²) in [4.78, 5) is 21.9. The summed E-state index contributed by atoms with van der Waals surface area (Å²) in [5, 5.41) is 0.259. The van der Waals surface area contributed by atoms with Crippen LogP contribution >= 0.6 is 23.2 Å². The van der Waals surface area contributed by atoms with Crippen LogP contribution in [0.4, 0.5) is 0 Å². The molecule has 116 valence electrons. The van der Waals surface area contributed by atoms with Gasteiger partial charge < -0.3 is 10.5 Å². The van der Waals surface area contributed by atoms with Crippen LogP contribution in [0.15, 0.2) is 23.1 Å². The Balaban J connectivity index is 2.71. The van der Waals surface area contributed by atoms with Crippen molar-refractivity contribution in [3.8, 4) is 0 Å². The van der Waals surface area contributed by atoms with Crippen LogP contribution in [0.2, 0.25) is 10.0 Å². The summed E-state index contributed by atoms with van der Waals surface area (Å²) in [7, 11) is -3.96. The molecule has 0 aromatic heterocycles. The van der Waals surface area contributed by atoms with Gasteiger partial charge in [0.1, 0.15) is 6.54 Å². The third-order valence-corrected chi connectivity index (χ3v) is 4.45. The quantitative estimate of drug-likeness (QED) is 0.729.